The van der Waals surface area contributed by atoms with Gasteiger partial charge in [0, 0.05) is 38.6 Å². The van der Waals surface area contributed by atoms with Crippen LogP contribution in [0.4, 0.5) is 11.6 Å². The van der Waals surface area contributed by atoms with E-state index in [1.165, 1.54) is 36.3 Å². The first-order valence-corrected chi connectivity index (χ1v) is 12.0. The number of likely N-dealkylation sites (N-methyl/N-ethyl adjacent to an activating group) is 1. The molecule has 2 aliphatic rings. The fourth-order valence-corrected chi connectivity index (χ4v) is 3.23. The van der Waals surface area contributed by atoms with Crippen LogP contribution in [0, 0.1) is 13.8 Å². The van der Waals surface area contributed by atoms with Gasteiger partial charge in [0.1, 0.15) is 11.6 Å². The van der Waals surface area contributed by atoms with Gasteiger partial charge in [-0.1, -0.05) is 39.8 Å². The van der Waals surface area contributed by atoms with Crippen LogP contribution >= 0.6 is 0 Å². The largest absolute Gasteiger partial charge is 0.373 e. The molecule has 2 aliphatic heterocycles. The van der Waals surface area contributed by atoms with Gasteiger partial charge in [-0.3, -0.25) is 0 Å². The minimum absolute atomic E-state index is 0.493. The van der Waals surface area contributed by atoms with Crippen LogP contribution in [-0.4, -0.2) is 56.3 Å². The number of aryl methyl sites for hydroxylation is 2. The monoisotopic (exact) mass is 440 g/mol. The molecule has 4 heterocycles. The van der Waals surface area contributed by atoms with Gasteiger partial charge in [-0.2, -0.15) is 0 Å². The minimum Gasteiger partial charge on any atom is -0.373 e. The van der Waals surface area contributed by atoms with Crippen LogP contribution in [0.1, 0.15) is 68.5 Å². The van der Waals surface area contributed by atoms with Crippen molar-refractivity contribution in [2.45, 2.75) is 65.8 Å². The van der Waals surface area contributed by atoms with Crippen molar-refractivity contribution in [2.75, 3.05) is 50.5 Å². The number of nitrogens with zero attached hydrogens (tertiary/aromatic N) is 3. The highest BCUT2D eigenvalue weighted by Crippen LogP contribution is 2.23. The first-order chi connectivity index (χ1) is 15.2. The van der Waals surface area contributed by atoms with Gasteiger partial charge >= 0.3 is 0 Å². The van der Waals surface area contributed by atoms with E-state index in [9.17, 15) is 0 Å². The third-order valence-corrected chi connectivity index (χ3v) is 5.98. The quantitative estimate of drug-likeness (QED) is 0.638. The second-order valence-electron chi connectivity index (χ2n) is 9.36. The highest BCUT2D eigenvalue weighted by atomic mass is 15.3. The zero-order valence-electron chi connectivity index (χ0n) is 21.4. The average Bonchev–Trinajstić information content (AvgIpc) is 2.66. The van der Waals surface area contributed by atoms with Crippen molar-refractivity contribution in [3.05, 3.63) is 46.8 Å². The number of aromatic nitrogens is 2. The molecule has 0 bridgehead atoms. The zero-order valence-corrected chi connectivity index (χ0v) is 21.4. The van der Waals surface area contributed by atoms with Crippen molar-refractivity contribution < 1.29 is 0 Å². The van der Waals surface area contributed by atoms with Gasteiger partial charge in [0.05, 0.1) is 6.04 Å². The predicted molar refractivity (Wildman–Crippen MR) is 138 cm³/mol. The maximum atomic E-state index is 4.77. The van der Waals surface area contributed by atoms with Crippen molar-refractivity contribution in [2.24, 2.45) is 0 Å². The van der Waals surface area contributed by atoms with Crippen LogP contribution in [0.5, 0.6) is 0 Å². The van der Waals surface area contributed by atoms with Crippen LogP contribution < -0.4 is 20.9 Å². The molecular weight excluding hydrogens is 396 g/mol. The summed E-state index contributed by atoms with van der Waals surface area (Å²) in [5.74, 6) is 3.11. The molecular formula is C26H44N6. The Labute approximate surface area is 195 Å². The molecule has 32 heavy (non-hydrogen) atoms. The van der Waals surface area contributed by atoms with Crippen LogP contribution in [0.2, 0.25) is 0 Å². The summed E-state index contributed by atoms with van der Waals surface area (Å²) in [5, 5.41) is 9.49. The Morgan fingerprint density at radius 3 is 1.78 bits per heavy atom. The fourth-order valence-electron chi connectivity index (χ4n) is 3.23. The average molecular weight is 441 g/mol. The SMILES string of the molecule is C1CNC1.CNc1nc(C(C)C)ccc1C.Cc1ccc(C(C)C)nc1N(C)C1CNC1. The van der Waals surface area contributed by atoms with E-state index in [4.69, 9.17) is 4.98 Å². The summed E-state index contributed by atoms with van der Waals surface area (Å²) in [7, 11) is 4.05. The van der Waals surface area contributed by atoms with Crippen molar-refractivity contribution >= 4 is 11.6 Å². The summed E-state index contributed by atoms with van der Waals surface area (Å²) >= 11 is 0. The third-order valence-electron chi connectivity index (χ3n) is 5.98. The summed E-state index contributed by atoms with van der Waals surface area (Å²) in [5.41, 5.74) is 4.78. The number of nitrogens with one attached hydrogen (secondary N) is 3. The molecule has 0 amide bonds. The zero-order chi connectivity index (χ0) is 23.7. The van der Waals surface area contributed by atoms with E-state index in [1.54, 1.807) is 0 Å². The van der Waals surface area contributed by atoms with Crippen molar-refractivity contribution in [1.82, 2.24) is 20.6 Å². The molecule has 0 atom stereocenters. The molecule has 6 heteroatoms. The maximum absolute atomic E-state index is 4.77. The summed E-state index contributed by atoms with van der Waals surface area (Å²) in [6.45, 7) is 17.5. The van der Waals surface area contributed by atoms with Crippen LogP contribution in [-0.2, 0) is 0 Å². The summed E-state index contributed by atoms with van der Waals surface area (Å²) in [4.78, 5) is 11.6. The Hall–Kier alpha value is -2.18. The number of hydrogen-bond donors (Lipinski definition) is 3. The molecule has 0 unspecified atom stereocenters. The molecule has 0 radical (unpaired) electrons. The highest BCUT2D eigenvalue weighted by Gasteiger charge is 2.23. The summed E-state index contributed by atoms with van der Waals surface area (Å²) in [6.07, 6.45) is 1.39. The van der Waals surface area contributed by atoms with E-state index in [2.05, 4.69) is 98.7 Å². The molecule has 0 spiro atoms. The lowest BCUT2D eigenvalue weighted by molar-refractivity contribution is 0.426. The molecule has 0 saturated carbocycles. The lowest BCUT2D eigenvalue weighted by Crippen LogP contribution is -2.56. The highest BCUT2D eigenvalue weighted by molar-refractivity contribution is 5.48. The van der Waals surface area contributed by atoms with E-state index >= 15 is 0 Å². The van der Waals surface area contributed by atoms with Gasteiger partial charge in [-0.25, -0.2) is 9.97 Å². The molecule has 178 valence electrons. The van der Waals surface area contributed by atoms with Crippen molar-refractivity contribution in [3.63, 3.8) is 0 Å². The lowest BCUT2D eigenvalue weighted by Gasteiger charge is -2.37. The van der Waals surface area contributed by atoms with Gasteiger partial charge in [0.2, 0.25) is 0 Å². The van der Waals surface area contributed by atoms with E-state index in [0.717, 1.165) is 30.4 Å². The standard InChI is InChI=1S/C13H21N3.C10H16N2.C3H7N/c1-9(2)12-6-5-10(3)13(15-12)16(4)11-7-14-8-11;1-7(2)9-6-5-8(3)10(11-4)12-9;1-2-4-3-1/h5-6,9,11,14H,7-8H2,1-4H3;5-7H,1-4H3,(H,11,12);4H,1-3H2. The second kappa shape index (κ2) is 12.8. The van der Waals surface area contributed by atoms with Crippen LogP contribution in [0.15, 0.2) is 24.3 Å². The number of rotatable bonds is 5. The Balaban J connectivity index is 0.000000199. The summed E-state index contributed by atoms with van der Waals surface area (Å²) < 4.78 is 0. The fraction of sp³-hybridized carbons (Fsp3) is 0.615. The second-order valence-corrected chi connectivity index (χ2v) is 9.36. The van der Waals surface area contributed by atoms with E-state index in [1.807, 2.05) is 7.05 Å². The molecule has 3 N–H and O–H groups in total. The van der Waals surface area contributed by atoms with Crippen LogP contribution in [0.25, 0.3) is 0 Å². The van der Waals surface area contributed by atoms with E-state index in [-0.39, 0.29) is 0 Å². The summed E-state index contributed by atoms with van der Waals surface area (Å²) in [6, 6.07) is 9.11. The van der Waals surface area contributed by atoms with Crippen molar-refractivity contribution in [3.8, 4) is 0 Å². The van der Waals surface area contributed by atoms with E-state index in [0.29, 0.717) is 17.9 Å². The first kappa shape index (κ1) is 26.1. The van der Waals surface area contributed by atoms with Crippen LogP contribution in [0.3, 0.4) is 0 Å². The third kappa shape index (κ3) is 7.45. The topological polar surface area (TPSA) is 65.1 Å². The molecule has 2 aromatic heterocycles. The van der Waals surface area contributed by atoms with Gasteiger partial charge in [0.25, 0.3) is 0 Å². The molecule has 0 aliphatic carbocycles. The Kier molecular flexibility index (Phi) is 10.4. The number of anilines is 2. The number of pyridine rings is 2. The van der Waals surface area contributed by atoms with E-state index < -0.39 is 0 Å². The molecule has 6 nitrogen and oxygen atoms in total. The normalized spacial score (nSPS) is 15.1. The maximum Gasteiger partial charge on any atom is 0.131 e. The van der Waals surface area contributed by atoms with Gasteiger partial charge in [-0.15, -0.1) is 0 Å². The molecule has 2 saturated heterocycles. The van der Waals surface area contributed by atoms with Gasteiger partial charge in [-0.05, 0) is 68.5 Å². The molecule has 0 aromatic carbocycles. The Bertz CT molecular complexity index is 821. The lowest BCUT2D eigenvalue weighted by atomic mass is 10.1. The first-order valence-electron chi connectivity index (χ1n) is 12.0. The molecule has 4 rings (SSSR count). The van der Waals surface area contributed by atoms with Gasteiger partial charge in [0.15, 0.2) is 0 Å². The molecule has 2 aromatic rings. The molecule has 2 fully saturated rings. The number of hydrogen-bond acceptors (Lipinski definition) is 6. The smallest absolute Gasteiger partial charge is 0.131 e. The Morgan fingerprint density at radius 1 is 0.875 bits per heavy atom. The minimum atomic E-state index is 0.493. The van der Waals surface area contributed by atoms with Crippen molar-refractivity contribution in [1.29, 1.82) is 0 Å². The van der Waals surface area contributed by atoms with Gasteiger partial charge < -0.3 is 20.9 Å². The Morgan fingerprint density at radius 2 is 1.38 bits per heavy atom. The predicted octanol–water partition coefficient (Wildman–Crippen LogP) is 4.46.